The molecular weight excluding hydrogens is 566 g/mol. The normalized spacial score (nSPS) is 17.5. The molecule has 0 saturated carbocycles. The molecule has 3 heterocycles. The third-order valence-corrected chi connectivity index (χ3v) is 9.52. The van der Waals surface area contributed by atoms with Crippen molar-refractivity contribution < 1.29 is 17.9 Å². The topological polar surface area (TPSA) is 71.9 Å². The highest BCUT2D eigenvalue weighted by Gasteiger charge is 2.33. The smallest absolute Gasteiger partial charge is 0.258 e. The number of aromatic nitrogens is 1. The van der Waals surface area contributed by atoms with Gasteiger partial charge in [-0.1, -0.05) is 46.3 Å². The van der Waals surface area contributed by atoms with E-state index in [4.69, 9.17) is 4.74 Å². The first-order valence-corrected chi connectivity index (χ1v) is 14.6. The van der Waals surface area contributed by atoms with Crippen LogP contribution in [0.5, 0.6) is 0 Å². The summed E-state index contributed by atoms with van der Waals surface area (Å²) >= 11 is 3.59. The van der Waals surface area contributed by atoms with Gasteiger partial charge in [-0.15, -0.1) is 0 Å². The van der Waals surface area contributed by atoms with Crippen molar-refractivity contribution in [1.29, 1.82) is 0 Å². The molecule has 1 fully saturated rings. The maximum Gasteiger partial charge on any atom is 0.258 e. The molecule has 2 aliphatic heterocycles. The Morgan fingerprint density at radius 3 is 2.53 bits per heavy atom. The summed E-state index contributed by atoms with van der Waals surface area (Å²) in [4.78, 5) is 15.2. The zero-order chi connectivity index (χ0) is 26.4. The van der Waals surface area contributed by atoms with Gasteiger partial charge in [0.25, 0.3) is 5.91 Å². The van der Waals surface area contributed by atoms with Gasteiger partial charge in [0, 0.05) is 65.0 Å². The van der Waals surface area contributed by atoms with Crippen molar-refractivity contribution in [2.75, 3.05) is 38.3 Å². The van der Waals surface area contributed by atoms with Gasteiger partial charge in [-0.05, 0) is 48.0 Å². The van der Waals surface area contributed by atoms with E-state index < -0.39 is 10.0 Å². The summed E-state index contributed by atoms with van der Waals surface area (Å²) in [6, 6.07) is 21.3. The predicted octanol–water partition coefficient (Wildman–Crippen LogP) is 4.99. The van der Waals surface area contributed by atoms with Crippen LogP contribution in [0.25, 0.3) is 22.6 Å². The number of carbonyl (C=O) groups excluding carboxylic acids is 1. The van der Waals surface area contributed by atoms with E-state index in [-0.39, 0.29) is 10.8 Å². The van der Waals surface area contributed by atoms with Crippen LogP contribution in [0.2, 0.25) is 0 Å². The third kappa shape index (κ3) is 4.39. The van der Waals surface area contributed by atoms with E-state index in [2.05, 4.69) is 44.9 Å². The number of hydrogen-bond donors (Lipinski definition) is 0. The predicted molar refractivity (Wildman–Crippen MR) is 152 cm³/mol. The van der Waals surface area contributed by atoms with Crippen LogP contribution in [0, 0.1) is 0 Å². The van der Waals surface area contributed by atoms with E-state index in [0.717, 1.165) is 20.9 Å². The fraction of sp³-hybridized carbons (Fsp3) is 0.207. The van der Waals surface area contributed by atoms with Crippen molar-refractivity contribution in [3.63, 3.8) is 0 Å². The first kappa shape index (κ1) is 25.1. The Morgan fingerprint density at radius 1 is 1.00 bits per heavy atom. The van der Waals surface area contributed by atoms with Crippen molar-refractivity contribution in [2.45, 2.75) is 11.4 Å². The maximum atomic E-state index is 13.4. The summed E-state index contributed by atoms with van der Waals surface area (Å²) in [6.45, 7) is 2.07. The Bertz CT molecular complexity index is 1690. The molecule has 0 radical (unpaired) electrons. The third-order valence-electron chi connectivity index (χ3n) is 7.13. The molecule has 0 spiro atoms. The Morgan fingerprint density at radius 2 is 1.76 bits per heavy atom. The number of nitrogens with zero attached hydrogens (tertiary/aromatic N) is 3. The molecule has 0 aliphatic carbocycles. The van der Waals surface area contributed by atoms with Gasteiger partial charge in [-0.2, -0.15) is 4.31 Å². The summed E-state index contributed by atoms with van der Waals surface area (Å²) < 4.78 is 36.6. The second-order valence-corrected chi connectivity index (χ2v) is 12.3. The Balaban J connectivity index is 1.46. The molecule has 9 heteroatoms. The second kappa shape index (κ2) is 9.81. The molecule has 0 unspecified atom stereocenters. The highest BCUT2D eigenvalue weighted by Crippen LogP contribution is 2.40. The lowest BCUT2D eigenvalue weighted by molar-refractivity contribution is -0.112. The van der Waals surface area contributed by atoms with Gasteiger partial charge in [0.05, 0.1) is 23.8 Å². The molecule has 38 heavy (non-hydrogen) atoms. The summed E-state index contributed by atoms with van der Waals surface area (Å²) in [5.74, 6) is -0.167. The number of likely N-dealkylation sites (N-methyl/N-ethyl adjacent to an activating group) is 1. The number of hydrogen-bond acceptors (Lipinski definition) is 4. The highest BCUT2D eigenvalue weighted by atomic mass is 79.9. The Kier molecular flexibility index (Phi) is 6.47. The standard InChI is InChI=1S/C29H26BrN3O4S/c1-31-27-10-8-23(38(35,36)33-11-13-37-14-12-33)17-25(27)26(29(31)34)15-21-19-32(18-20-5-3-2-4-6-20)28-9-7-22(30)16-24(21)28/h2-10,15-17,19H,11-14,18H2,1H3/b26-15-. The van der Waals surface area contributed by atoms with Crippen molar-refractivity contribution in [3.05, 3.63) is 94.1 Å². The van der Waals surface area contributed by atoms with Gasteiger partial charge in [0.15, 0.2) is 0 Å². The molecule has 7 nitrogen and oxygen atoms in total. The number of morpholine rings is 1. The number of sulfonamides is 1. The largest absolute Gasteiger partial charge is 0.379 e. The number of carbonyl (C=O) groups is 1. The van der Waals surface area contributed by atoms with Gasteiger partial charge in [0.1, 0.15) is 0 Å². The minimum atomic E-state index is -3.70. The molecule has 1 aromatic heterocycles. The van der Waals surface area contributed by atoms with Gasteiger partial charge in [-0.25, -0.2) is 8.42 Å². The minimum absolute atomic E-state index is 0.167. The van der Waals surface area contributed by atoms with Crippen LogP contribution in [0.15, 0.2) is 82.3 Å². The molecule has 6 rings (SSSR count). The van der Waals surface area contributed by atoms with Gasteiger partial charge in [-0.3, -0.25) is 4.79 Å². The highest BCUT2D eigenvalue weighted by molar-refractivity contribution is 9.10. The SMILES string of the molecule is CN1C(=O)/C(=C\c2cn(Cc3ccccc3)c3ccc(Br)cc23)c2cc(S(=O)(=O)N3CCOCC3)ccc21. The summed E-state index contributed by atoms with van der Waals surface area (Å²) in [5, 5.41) is 1.00. The van der Waals surface area contributed by atoms with E-state index in [1.165, 1.54) is 9.87 Å². The summed E-state index contributed by atoms with van der Waals surface area (Å²) in [5.41, 5.74) is 4.89. The zero-order valence-corrected chi connectivity index (χ0v) is 23.2. The fourth-order valence-corrected chi connectivity index (χ4v) is 6.94. The lowest BCUT2D eigenvalue weighted by atomic mass is 10.0. The van der Waals surface area contributed by atoms with E-state index in [0.29, 0.717) is 49.7 Å². The first-order chi connectivity index (χ1) is 18.3. The quantitative estimate of drug-likeness (QED) is 0.307. The van der Waals surface area contributed by atoms with Crippen LogP contribution in [-0.2, 0) is 26.1 Å². The fourth-order valence-electron chi connectivity index (χ4n) is 5.14. The molecule has 194 valence electrons. The summed E-state index contributed by atoms with van der Waals surface area (Å²) in [7, 11) is -1.98. The first-order valence-electron chi connectivity index (χ1n) is 12.4. The molecule has 4 aromatic rings. The van der Waals surface area contributed by atoms with Crippen LogP contribution in [0.4, 0.5) is 5.69 Å². The lowest BCUT2D eigenvalue weighted by Gasteiger charge is -2.26. The van der Waals surface area contributed by atoms with Crippen LogP contribution in [-0.4, -0.2) is 56.5 Å². The average molecular weight is 593 g/mol. The number of ether oxygens (including phenoxy) is 1. The van der Waals surface area contributed by atoms with E-state index in [9.17, 15) is 13.2 Å². The van der Waals surface area contributed by atoms with Gasteiger partial charge < -0.3 is 14.2 Å². The lowest BCUT2D eigenvalue weighted by Crippen LogP contribution is -2.40. The van der Waals surface area contributed by atoms with Crippen LogP contribution >= 0.6 is 15.9 Å². The molecular formula is C29H26BrN3O4S. The van der Waals surface area contributed by atoms with E-state index in [1.807, 2.05) is 36.4 Å². The second-order valence-electron chi connectivity index (χ2n) is 9.48. The molecule has 0 atom stereocenters. The van der Waals surface area contributed by atoms with Crippen molar-refractivity contribution >= 4 is 60.1 Å². The van der Waals surface area contributed by atoms with E-state index in [1.54, 1.807) is 30.1 Å². The van der Waals surface area contributed by atoms with Crippen LogP contribution in [0.3, 0.4) is 0 Å². The van der Waals surface area contributed by atoms with E-state index >= 15 is 0 Å². The number of rotatable bonds is 5. The number of benzene rings is 3. The van der Waals surface area contributed by atoms with Crippen LogP contribution < -0.4 is 4.90 Å². The molecule has 1 saturated heterocycles. The molecule has 0 bridgehead atoms. The summed E-state index contributed by atoms with van der Waals surface area (Å²) in [6.07, 6.45) is 3.93. The van der Waals surface area contributed by atoms with Crippen LogP contribution in [0.1, 0.15) is 16.7 Å². The molecule has 2 aliphatic rings. The number of halogens is 1. The Labute approximate surface area is 230 Å². The average Bonchev–Trinajstić information content (AvgIpc) is 3.38. The van der Waals surface area contributed by atoms with Crippen molar-refractivity contribution in [1.82, 2.24) is 8.87 Å². The Hall–Kier alpha value is -3.24. The zero-order valence-electron chi connectivity index (χ0n) is 20.8. The molecule has 0 N–H and O–H groups in total. The van der Waals surface area contributed by atoms with Gasteiger partial charge >= 0.3 is 0 Å². The maximum absolute atomic E-state index is 13.4. The minimum Gasteiger partial charge on any atom is -0.379 e. The molecule has 3 aromatic carbocycles. The van der Waals surface area contributed by atoms with Crippen molar-refractivity contribution in [2.24, 2.45) is 0 Å². The number of fused-ring (bicyclic) bond motifs is 2. The molecule has 1 amide bonds. The number of amides is 1. The number of anilines is 1. The monoisotopic (exact) mass is 591 g/mol. The van der Waals surface area contributed by atoms with Gasteiger partial charge in [0.2, 0.25) is 10.0 Å². The van der Waals surface area contributed by atoms with Crippen molar-refractivity contribution in [3.8, 4) is 0 Å².